The molecule has 6 N–H and O–H groups in total. The first-order valence-electron chi connectivity index (χ1n) is 26.1. The Balaban J connectivity index is 1.55. The van der Waals surface area contributed by atoms with Gasteiger partial charge in [-0.05, 0) is 37.1 Å². The van der Waals surface area contributed by atoms with Gasteiger partial charge >= 0.3 is 0 Å². The quantitative estimate of drug-likeness (QED) is 0.0238. The van der Waals surface area contributed by atoms with Gasteiger partial charge in [-0.2, -0.15) is 15.0 Å². The fourth-order valence-corrected chi connectivity index (χ4v) is 8.32. The third-order valence-corrected chi connectivity index (χ3v) is 12.3. The molecule has 0 atom stereocenters. The molecule has 0 radical (unpaired) electrons. The second kappa shape index (κ2) is 36.6. The van der Waals surface area contributed by atoms with E-state index in [1.54, 1.807) is 24.3 Å². The molecule has 3 rings (SSSR count). The lowest BCUT2D eigenvalue weighted by Gasteiger charge is -2.24. The van der Waals surface area contributed by atoms with E-state index in [9.17, 15) is 19.8 Å². The van der Waals surface area contributed by atoms with Crippen LogP contribution in [0.15, 0.2) is 48.5 Å². The van der Waals surface area contributed by atoms with Crippen LogP contribution < -0.4 is 26.6 Å². The van der Waals surface area contributed by atoms with E-state index in [0.29, 0.717) is 5.95 Å². The van der Waals surface area contributed by atoms with Gasteiger partial charge in [0.25, 0.3) is 11.8 Å². The summed E-state index contributed by atoms with van der Waals surface area (Å²) in [7, 11) is 0. The van der Waals surface area contributed by atoms with Crippen molar-refractivity contribution in [2.45, 2.75) is 219 Å². The number of carbonyl (C=O) groups is 2. The highest BCUT2D eigenvalue weighted by Gasteiger charge is 2.17. The lowest BCUT2D eigenvalue weighted by atomic mass is 10.0. The number of nitrogens with zero attached hydrogens (tertiary/aromatic N) is 4. The van der Waals surface area contributed by atoms with Crippen molar-refractivity contribution in [3.63, 3.8) is 0 Å². The molecule has 0 aliphatic rings. The first-order chi connectivity index (χ1) is 31.9. The SMILES string of the molecule is CCCCCCCCCCCCCCCCCCN(CCCCCCCCCCCCCCCCCC)c1nc(NNC(=O)c2ccccc2O)nc(NNC(=O)c2ccccc2O)n1. The van der Waals surface area contributed by atoms with E-state index in [-0.39, 0.29) is 34.5 Å². The molecule has 12 heteroatoms. The highest BCUT2D eigenvalue weighted by Crippen LogP contribution is 2.21. The minimum Gasteiger partial charge on any atom is -0.507 e. The maximum Gasteiger partial charge on any atom is 0.273 e. The molecule has 0 saturated carbocycles. The molecule has 2 aromatic carbocycles. The summed E-state index contributed by atoms with van der Waals surface area (Å²) in [5, 5.41) is 20.5. The number of phenolic OH excluding ortho intramolecular Hbond substituents is 2. The number of hydrazine groups is 2. The highest BCUT2D eigenvalue weighted by molar-refractivity contribution is 5.97. The van der Waals surface area contributed by atoms with E-state index < -0.39 is 11.8 Å². The zero-order chi connectivity index (χ0) is 46.4. The summed E-state index contributed by atoms with van der Waals surface area (Å²) in [5.41, 5.74) is 10.9. The van der Waals surface area contributed by atoms with Crippen molar-refractivity contribution in [2.75, 3.05) is 28.8 Å². The Morgan fingerprint density at radius 3 is 0.985 bits per heavy atom. The summed E-state index contributed by atoms with van der Waals surface area (Å²) >= 11 is 0. The Bertz CT molecular complexity index is 1560. The fraction of sp³-hybridized carbons (Fsp3) is 0.679. The zero-order valence-corrected chi connectivity index (χ0v) is 40.7. The average molecular weight is 901 g/mol. The summed E-state index contributed by atoms with van der Waals surface area (Å²) in [6, 6.07) is 12.6. The van der Waals surface area contributed by atoms with Crippen LogP contribution in [0.5, 0.6) is 11.5 Å². The molecule has 0 saturated heterocycles. The van der Waals surface area contributed by atoms with Crippen LogP contribution in [0.2, 0.25) is 0 Å². The van der Waals surface area contributed by atoms with Gasteiger partial charge in [-0.3, -0.25) is 31.3 Å². The second-order valence-electron chi connectivity index (χ2n) is 18.1. The summed E-state index contributed by atoms with van der Waals surface area (Å²) < 4.78 is 0. The van der Waals surface area contributed by atoms with Crippen molar-refractivity contribution in [1.82, 2.24) is 25.8 Å². The van der Waals surface area contributed by atoms with Gasteiger partial charge in [-0.15, -0.1) is 0 Å². The molecule has 1 heterocycles. The topological polar surface area (TPSA) is 165 Å². The number of unbranched alkanes of at least 4 members (excludes halogenated alkanes) is 30. The number of rotatable bonds is 41. The van der Waals surface area contributed by atoms with Gasteiger partial charge in [-0.25, -0.2) is 0 Å². The van der Waals surface area contributed by atoms with Crippen LogP contribution in [-0.4, -0.2) is 50.1 Å². The standard InChI is InChI=1S/C53H88N8O4/c1-3-5-7-9-11-13-15-17-19-21-23-25-27-29-31-37-43-61(44-38-32-30-28-26-24-22-20-18-16-14-12-10-8-6-4-2)53-55-51(59-57-49(64)45-39-33-35-41-47(45)62)54-52(56-53)60-58-50(65)46-40-34-36-42-48(46)63/h33-36,39-42,62-63H,3-32,37-38,43-44H2,1-2H3,(H,57,64)(H,58,65)(H2,54,55,56,59,60). The average Bonchev–Trinajstić information content (AvgIpc) is 3.31. The Labute approximate surface area is 393 Å². The van der Waals surface area contributed by atoms with Crippen LogP contribution in [0, 0.1) is 0 Å². The molecule has 1 aromatic heterocycles. The molecule has 0 aliphatic heterocycles. The van der Waals surface area contributed by atoms with Crippen molar-refractivity contribution < 1.29 is 19.8 Å². The van der Waals surface area contributed by atoms with Gasteiger partial charge in [0, 0.05) is 13.1 Å². The number of phenols is 2. The van der Waals surface area contributed by atoms with Gasteiger partial charge in [0.15, 0.2) is 0 Å². The van der Waals surface area contributed by atoms with Crippen molar-refractivity contribution in [2.24, 2.45) is 0 Å². The summed E-state index contributed by atoms with van der Waals surface area (Å²) in [5.74, 6) is -0.900. The van der Waals surface area contributed by atoms with Crippen LogP contribution in [0.25, 0.3) is 0 Å². The Hall–Kier alpha value is -4.61. The molecule has 0 bridgehead atoms. The molecule has 65 heavy (non-hydrogen) atoms. The van der Waals surface area contributed by atoms with E-state index in [1.165, 1.54) is 204 Å². The summed E-state index contributed by atoms with van der Waals surface area (Å²) in [6.45, 7) is 6.07. The van der Waals surface area contributed by atoms with Crippen LogP contribution in [-0.2, 0) is 0 Å². The Kier molecular flexibility index (Phi) is 30.8. The second-order valence-corrected chi connectivity index (χ2v) is 18.1. The smallest absolute Gasteiger partial charge is 0.273 e. The predicted octanol–water partition coefficient (Wildman–Crippen LogP) is 14.1. The van der Waals surface area contributed by atoms with Crippen molar-refractivity contribution >= 4 is 29.7 Å². The molecule has 0 unspecified atom stereocenters. The number of amides is 2. The normalized spacial score (nSPS) is 11.1. The number of hydrogen-bond acceptors (Lipinski definition) is 10. The van der Waals surface area contributed by atoms with E-state index in [0.717, 1.165) is 38.8 Å². The molecule has 3 aromatic rings. The van der Waals surface area contributed by atoms with Crippen molar-refractivity contribution in [3.05, 3.63) is 59.7 Å². The van der Waals surface area contributed by atoms with Crippen LogP contribution >= 0.6 is 0 Å². The fourth-order valence-electron chi connectivity index (χ4n) is 8.32. The van der Waals surface area contributed by atoms with Gasteiger partial charge < -0.3 is 15.1 Å². The third kappa shape index (κ3) is 25.6. The minimum absolute atomic E-state index is 0.0574. The highest BCUT2D eigenvalue weighted by atomic mass is 16.3. The monoisotopic (exact) mass is 901 g/mol. The molecule has 0 spiro atoms. The molecule has 2 amide bonds. The molecular weight excluding hydrogens is 813 g/mol. The number of benzene rings is 2. The number of anilines is 3. The van der Waals surface area contributed by atoms with Crippen LogP contribution in [0.1, 0.15) is 240 Å². The first kappa shape index (κ1) is 54.7. The molecule has 364 valence electrons. The number of para-hydroxylation sites is 2. The number of aromatic hydroxyl groups is 2. The predicted molar refractivity (Wildman–Crippen MR) is 270 cm³/mol. The van der Waals surface area contributed by atoms with Crippen LogP contribution in [0.4, 0.5) is 17.8 Å². The van der Waals surface area contributed by atoms with Gasteiger partial charge in [-0.1, -0.05) is 231 Å². The van der Waals surface area contributed by atoms with Crippen molar-refractivity contribution in [3.8, 4) is 11.5 Å². The van der Waals surface area contributed by atoms with E-state index in [4.69, 9.17) is 9.97 Å². The van der Waals surface area contributed by atoms with Crippen LogP contribution in [0.3, 0.4) is 0 Å². The van der Waals surface area contributed by atoms with E-state index in [2.05, 4.69) is 45.4 Å². The maximum atomic E-state index is 13.0. The summed E-state index contributed by atoms with van der Waals surface area (Å²) in [6.07, 6.45) is 41.8. The summed E-state index contributed by atoms with van der Waals surface area (Å²) in [4.78, 5) is 42.0. The van der Waals surface area contributed by atoms with Crippen molar-refractivity contribution in [1.29, 1.82) is 0 Å². The lowest BCUT2D eigenvalue weighted by Crippen LogP contribution is -2.34. The zero-order valence-electron chi connectivity index (χ0n) is 40.7. The third-order valence-electron chi connectivity index (χ3n) is 12.3. The van der Waals surface area contributed by atoms with Gasteiger partial charge in [0.1, 0.15) is 11.5 Å². The first-order valence-corrected chi connectivity index (χ1v) is 26.1. The van der Waals surface area contributed by atoms with Gasteiger partial charge in [0.2, 0.25) is 17.8 Å². The minimum atomic E-state index is -0.564. The molecular formula is C53H88N8O4. The van der Waals surface area contributed by atoms with E-state index in [1.807, 2.05) is 0 Å². The largest absolute Gasteiger partial charge is 0.507 e. The lowest BCUT2D eigenvalue weighted by molar-refractivity contribution is 0.0951. The number of nitrogens with one attached hydrogen (secondary N) is 4. The number of aromatic nitrogens is 3. The maximum absolute atomic E-state index is 13.0. The van der Waals surface area contributed by atoms with Gasteiger partial charge in [0.05, 0.1) is 11.1 Å². The molecule has 12 nitrogen and oxygen atoms in total. The Morgan fingerprint density at radius 1 is 0.415 bits per heavy atom. The Morgan fingerprint density at radius 2 is 0.692 bits per heavy atom. The number of carbonyl (C=O) groups excluding carboxylic acids is 2. The molecule has 0 fully saturated rings. The van der Waals surface area contributed by atoms with E-state index >= 15 is 0 Å². The number of hydrogen-bond donors (Lipinski definition) is 6. The molecule has 0 aliphatic carbocycles.